The van der Waals surface area contributed by atoms with E-state index in [-0.39, 0.29) is 24.6 Å². The normalized spacial score (nSPS) is 11.0. The lowest BCUT2D eigenvalue weighted by Crippen LogP contribution is -2.07. The summed E-state index contributed by atoms with van der Waals surface area (Å²) in [6.45, 7) is 1.99. The zero-order valence-electron chi connectivity index (χ0n) is 11.5. The van der Waals surface area contributed by atoms with Crippen molar-refractivity contribution >= 4 is 69.7 Å². The third-order valence-corrected chi connectivity index (χ3v) is 3.91. The number of aromatic nitrogens is 1. The largest absolute Gasteiger partial charge is 0.462 e. The van der Waals surface area contributed by atoms with Crippen molar-refractivity contribution in [2.24, 2.45) is 0 Å². The van der Waals surface area contributed by atoms with Crippen LogP contribution in [-0.2, 0) is 9.53 Å². The molecule has 0 bridgehead atoms. The maximum absolute atomic E-state index is 12.1. The Hall–Kier alpha value is -1.27. The van der Waals surface area contributed by atoms with Gasteiger partial charge in [-0.05, 0) is 25.1 Å². The number of hydrogen-bond acceptors (Lipinski definition) is 5. The van der Waals surface area contributed by atoms with E-state index in [1.165, 1.54) is 11.3 Å². The Bertz CT molecular complexity index is 681. The molecule has 0 amide bonds. The standard InChI is InChI=1S/C14H12Cl2N2O2S.ClH/c1-2-20-13(19)9(12-7-21-14(17)18-12)6-8-10(15)4-3-5-11(8)16;/h3-7H,2H2,1H3,(H2,17,18);1H. The second-order valence-electron chi connectivity index (χ2n) is 3.98. The summed E-state index contributed by atoms with van der Waals surface area (Å²) in [5.74, 6) is -0.501. The van der Waals surface area contributed by atoms with E-state index in [1.54, 1.807) is 36.6 Å². The first-order valence-corrected chi connectivity index (χ1v) is 7.70. The molecule has 0 aliphatic carbocycles. The van der Waals surface area contributed by atoms with Crippen LogP contribution >= 0.6 is 46.9 Å². The molecule has 2 N–H and O–H groups in total. The molecule has 1 aromatic carbocycles. The molecule has 0 saturated carbocycles. The third kappa shape index (κ3) is 4.36. The number of nitrogens with two attached hydrogens (primary N) is 1. The second kappa shape index (κ2) is 8.39. The number of ether oxygens (including phenoxy) is 1. The molecule has 0 fully saturated rings. The van der Waals surface area contributed by atoms with Crippen LogP contribution in [0.1, 0.15) is 18.2 Å². The number of hydrogen-bond donors (Lipinski definition) is 1. The monoisotopic (exact) mass is 378 g/mol. The first-order valence-electron chi connectivity index (χ1n) is 6.07. The molecule has 2 rings (SSSR count). The molecule has 4 nitrogen and oxygen atoms in total. The summed E-state index contributed by atoms with van der Waals surface area (Å²) < 4.78 is 5.05. The van der Waals surface area contributed by atoms with Gasteiger partial charge >= 0.3 is 5.97 Å². The van der Waals surface area contributed by atoms with Crippen molar-refractivity contribution < 1.29 is 9.53 Å². The highest BCUT2D eigenvalue weighted by Crippen LogP contribution is 2.30. The second-order valence-corrected chi connectivity index (χ2v) is 5.69. The van der Waals surface area contributed by atoms with Crippen molar-refractivity contribution in [3.63, 3.8) is 0 Å². The van der Waals surface area contributed by atoms with Gasteiger partial charge in [-0.15, -0.1) is 23.7 Å². The summed E-state index contributed by atoms with van der Waals surface area (Å²) in [6, 6.07) is 5.11. The predicted octanol–water partition coefficient (Wildman–Crippen LogP) is 4.56. The Morgan fingerprint density at radius 1 is 1.41 bits per heavy atom. The number of carbonyl (C=O) groups excluding carboxylic acids is 1. The summed E-state index contributed by atoms with van der Waals surface area (Å²) in [5.41, 5.74) is 6.86. The fourth-order valence-electron chi connectivity index (χ4n) is 1.65. The van der Waals surface area contributed by atoms with Gasteiger partial charge in [-0.2, -0.15) is 0 Å². The first kappa shape index (κ1) is 18.8. The van der Waals surface area contributed by atoms with E-state index in [9.17, 15) is 4.79 Å². The number of nitrogens with zero attached hydrogens (tertiary/aromatic N) is 1. The molecular formula is C14H13Cl3N2O2S. The zero-order valence-corrected chi connectivity index (χ0v) is 14.7. The zero-order chi connectivity index (χ0) is 15.4. The summed E-state index contributed by atoms with van der Waals surface area (Å²) in [4.78, 5) is 16.2. The van der Waals surface area contributed by atoms with Crippen LogP contribution in [0, 0.1) is 0 Å². The Balaban J connectivity index is 0.00000242. The topological polar surface area (TPSA) is 65.2 Å². The van der Waals surface area contributed by atoms with Crippen molar-refractivity contribution in [2.75, 3.05) is 12.3 Å². The van der Waals surface area contributed by atoms with Gasteiger partial charge in [-0.25, -0.2) is 9.78 Å². The van der Waals surface area contributed by atoms with E-state index in [1.807, 2.05) is 0 Å². The molecule has 8 heteroatoms. The van der Waals surface area contributed by atoms with E-state index in [0.717, 1.165) is 0 Å². The van der Waals surface area contributed by atoms with Gasteiger partial charge in [0, 0.05) is 21.0 Å². The third-order valence-electron chi connectivity index (χ3n) is 2.58. The summed E-state index contributed by atoms with van der Waals surface area (Å²) >= 11 is 13.5. The van der Waals surface area contributed by atoms with Crippen LogP contribution in [0.5, 0.6) is 0 Å². The molecule has 0 aliphatic rings. The Morgan fingerprint density at radius 2 is 2.05 bits per heavy atom. The Labute approximate surface area is 148 Å². The average Bonchev–Trinajstić information content (AvgIpc) is 2.85. The minimum absolute atomic E-state index is 0. The molecular weight excluding hydrogens is 367 g/mol. The maximum atomic E-state index is 12.1. The highest BCUT2D eigenvalue weighted by atomic mass is 35.5. The van der Waals surface area contributed by atoms with Gasteiger partial charge in [0.15, 0.2) is 5.13 Å². The van der Waals surface area contributed by atoms with E-state index in [4.69, 9.17) is 33.7 Å². The fraction of sp³-hybridized carbons (Fsp3) is 0.143. The van der Waals surface area contributed by atoms with Crippen LogP contribution in [-0.4, -0.2) is 17.6 Å². The number of carbonyl (C=O) groups is 1. The van der Waals surface area contributed by atoms with Crippen molar-refractivity contribution in [3.8, 4) is 0 Å². The Kier molecular flexibility index (Phi) is 7.16. The molecule has 118 valence electrons. The van der Waals surface area contributed by atoms with Crippen molar-refractivity contribution in [3.05, 3.63) is 44.9 Å². The van der Waals surface area contributed by atoms with Gasteiger partial charge in [-0.1, -0.05) is 29.3 Å². The minimum Gasteiger partial charge on any atom is -0.462 e. The van der Waals surface area contributed by atoms with Crippen LogP contribution < -0.4 is 5.73 Å². The van der Waals surface area contributed by atoms with Gasteiger partial charge in [0.2, 0.25) is 0 Å². The smallest absolute Gasteiger partial charge is 0.340 e. The lowest BCUT2D eigenvalue weighted by Gasteiger charge is -2.07. The first-order chi connectivity index (χ1) is 10.0. The van der Waals surface area contributed by atoms with E-state index < -0.39 is 5.97 Å². The average molecular weight is 380 g/mol. The molecule has 22 heavy (non-hydrogen) atoms. The molecule has 0 aliphatic heterocycles. The van der Waals surface area contributed by atoms with Gasteiger partial charge < -0.3 is 10.5 Å². The van der Waals surface area contributed by atoms with Crippen LogP contribution in [0.2, 0.25) is 10.0 Å². The highest BCUT2D eigenvalue weighted by molar-refractivity contribution is 7.13. The molecule has 0 unspecified atom stereocenters. The number of anilines is 1. The molecule has 2 aromatic rings. The quantitative estimate of drug-likeness (QED) is 0.625. The number of thiazole rings is 1. The summed E-state index contributed by atoms with van der Waals surface area (Å²) in [7, 11) is 0. The highest BCUT2D eigenvalue weighted by Gasteiger charge is 2.18. The van der Waals surface area contributed by atoms with E-state index in [2.05, 4.69) is 4.98 Å². The van der Waals surface area contributed by atoms with Crippen LogP contribution in [0.4, 0.5) is 5.13 Å². The molecule has 0 spiro atoms. The SMILES string of the molecule is CCOC(=O)C(=Cc1c(Cl)cccc1Cl)c1csc(N)n1.Cl. The lowest BCUT2D eigenvalue weighted by molar-refractivity contribution is -0.136. The van der Waals surface area contributed by atoms with Crippen LogP contribution in [0.3, 0.4) is 0 Å². The van der Waals surface area contributed by atoms with Crippen molar-refractivity contribution in [1.29, 1.82) is 0 Å². The van der Waals surface area contributed by atoms with Gasteiger partial charge in [-0.3, -0.25) is 0 Å². The van der Waals surface area contributed by atoms with Gasteiger partial charge in [0.1, 0.15) is 0 Å². The number of halogens is 3. The molecule has 0 saturated heterocycles. The summed E-state index contributed by atoms with van der Waals surface area (Å²) in [5, 5.41) is 2.92. The van der Waals surface area contributed by atoms with E-state index >= 15 is 0 Å². The van der Waals surface area contributed by atoms with Crippen LogP contribution in [0.15, 0.2) is 23.6 Å². The maximum Gasteiger partial charge on any atom is 0.340 e. The van der Waals surface area contributed by atoms with Gasteiger partial charge in [0.05, 0.1) is 17.9 Å². The molecule has 1 aromatic heterocycles. The van der Waals surface area contributed by atoms with Crippen LogP contribution in [0.25, 0.3) is 11.6 Å². The van der Waals surface area contributed by atoms with Crippen molar-refractivity contribution in [2.45, 2.75) is 6.92 Å². The van der Waals surface area contributed by atoms with Gasteiger partial charge in [0.25, 0.3) is 0 Å². The molecule has 0 atom stereocenters. The number of rotatable bonds is 4. The summed E-state index contributed by atoms with van der Waals surface area (Å²) in [6.07, 6.45) is 1.57. The molecule has 0 radical (unpaired) electrons. The fourth-order valence-corrected chi connectivity index (χ4v) is 2.72. The lowest BCUT2D eigenvalue weighted by atomic mass is 10.1. The number of nitrogen functional groups attached to an aromatic ring is 1. The number of benzene rings is 1. The van der Waals surface area contributed by atoms with Crippen molar-refractivity contribution in [1.82, 2.24) is 4.98 Å². The molecule has 1 heterocycles. The minimum atomic E-state index is -0.501. The number of esters is 1. The predicted molar refractivity (Wildman–Crippen MR) is 94.7 cm³/mol. The van der Waals surface area contributed by atoms with E-state index in [0.29, 0.717) is 26.4 Å². The Morgan fingerprint density at radius 3 is 2.55 bits per heavy atom.